The lowest BCUT2D eigenvalue weighted by Gasteiger charge is -2.27. The molecule has 2 aliphatic heterocycles. The van der Waals surface area contributed by atoms with E-state index in [0.717, 1.165) is 17.0 Å². The van der Waals surface area contributed by atoms with E-state index in [1.165, 1.54) is 0 Å². The van der Waals surface area contributed by atoms with Crippen LogP contribution in [0.3, 0.4) is 0 Å². The number of nitrogens with one attached hydrogen (secondary N) is 1. The average molecular weight is 354 g/mol. The van der Waals surface area contributed by atoms with Gasteiger partial charge in [-0.3, -0.25) is 14.9 Å². The van der Waals surface area contributed by atoms with Crippen molar-refractivity contribution in [3.05, 3.63) is 42.5 Å². The maximum atomic E-state index is 12.1. The van der Waals surface area contributed by atoms with Crippen molar-refractivity contribution in [1.82, 2.24) is 19.8 Å². The summed E-state index contributed by atoms with van der Waals surface area (Å²) in [4.78, 5) is 33.5. The fraction of sp³-hybridized carbons (Fsp3) is 0.294. The van der Waals surface area contributed by atoms with Crippen molar-refractivity contribution in [3.63, 3.8) is 0 Å². The molecule has 0 radical (unpaired) electrons. The molecule has 2 aromatic rings. The largest absolute Gasteiger partial charge is 0.492 e. The van der Waals surface area contributed by atoms with Gasteiger partial charge in [-0.05, 0) is 18.2 Å². The Kier molecular flexibility index (Phi) is 4.04. The van der Waals surface area contributed by atoms with Gasteiger partial charge in [0.2, 0.25) is 17.8 Å². The minimum absolute atomic E-state index is 0.0404. The number of primary amides is 1. The number of aliphatic imine (C=N–C) groups is 1. The van der Waals surface area contributed by atoms with Crippen molar-refractivity contribution in [1.29, 1.82) is 0 Å². The lowest BCUT2D eigenvalue weighted by atomic mass is 10.1. The molecule has 0 saturated carbocycles. The quantitative estimate of drug-likeness (QED) is 0.766. The molecule has 9 nitrogen and oxygen atoms in total. The molecule has 1 saturated heterocycles. The summed E-state index contributed by atoms with van der Waals surface area (Å²) >= 11 is 0. The molecule has 0 spiro atoms. The number of aromatic nitrogens is 2. The first-order valence-electron chi connectivity index (χ1n) is 8.26. The first-order valence-corrected chi connectivity index (χ1v) is 8.26. The molecule has 1 unspecified atom stereocenters. The maximum absolute atomic E-state index is 12.1. The smallest absolute Gasteiger partial charge is 0.250 e. The van der Waals surface area contributed by atoms with Crippen molar-refractivity contribution < 1.29 is 14.3 Å². The fourth-order valence-electron chi connectivity index (χ4n) is 3.10. The maximum Gasteiger partial charge on any atom is 0.250 e. The molecule has 9 heteroatoms. The monoisotopic (exact) mass is 354 g/mol. The van der Waals surface area contributed by atoms with E-state index in [1.807, 2.05) is 29.0 Å². The summed E-state index contributed by atoms with van der Waals surface area (Å²) in [6, 6.07) is 5.00. The van der Waals surface area contributed by atoms with Crippen LogP contribution >= 0.6 is 0 Å². The number of carbonyl (C=O) groups excluding carboxylic acids is 2. The van der Waals surface area contributed by atoms with Crippen LogP contribution in [0.2, 0.25) is 0 Å². The van der Waals surface area contributed by atoms with Gasteiger partial charge in [0.15, 0.2) is 0 Å². The molecule has 1 atom stereocenters. The molecular formula is C17H18N6O3. The third-order valence-electron chi connectivity index (χ3n) is 4.38. The standard InChI is InChI=1S/C17H18N6O3/c18-15(24)8-14-16(25)21-17-20-13-2-1-12(7-11(13)9-23(14)17)26-6-5-22-4-3-19-10-22/h1-4,7,10,14H,5-6,8-9H2,(H2,18,24)(H,20,21,25). The highest BCUT2D eigenvalue weighted by Gasteiger charge is 2.39. The topological polar surface area (TPSA) is 115 Å². The van der Waals surface area contributed by atoms with Crippen LogP contribution in [0.5, 0.6) is 5.75 Å². The summed E-state index contributed by atoms with van der Waals surface area (Å²) in [5, 5.41) is 2.71. The predicted octanol–water partition coefficient (Wildman–Crippen LogP) is 0.139. The van der Waals surface area contributed by atoms with Gasteiger partial charge in [0, 0.05) is 24.5 Å². The van der Waals surface area contributed by atoms with E-state index in [0.29, 0.717) is 25.7 Å². The molecule has 1 aromatic carbocycles. The van der Waals surface area contributed by atoms with E-state index < -0.39 is 11.9 Å². The van der Waals surface area contributed by atoms with Crippen molar-refractivity contribution in [3.8, 4) is 5.75 Å². The Hall–Kier alpha value is -3.36. The second-order valence-corrected chi connectivity index (χ2v) is 6.18. The van der Waals surface area contributed by atoms with Crippen LogP contribution in [0.25, 0.3) is 0 Å². The lowest BCUT2D eigenvalue weighted by Crippen LogP contribution is -2.39. The van der Waals surface area contributed by atoms with E-state index in [-0.39, 0.29) is 12.3 Å². The van der Waals surface area contributed by atoms with Crippen LogP contribution in [-0.4, -0.2) is 44.9 Å². The molecule has 3 heterocycles. The molecule has 4 rings (SSSR count). The Morgan fingerprint density at radius 3 is 3.08 bits per heavy atom. The van der Waals surface area contributed by atoms with E-state index in [2.05, 4.69) is 15.3 Å². The molecule has 2 aliphatic rings. The zero-order chi connectivity index (χ0) is 18.1. The third kappa shape index (κ3) is 3.10. The van der Waals surface area contributed by atoms with Gasteiger partial charge >= 0.3 is 0 Å². The molecule has 1 aromatic heterocycles. The van der Waals surface area contributed by atoms with Gasteiger partial charge in [-0.25, -0.2) is 9.98 Å². The number of hydrogen-bond acceptors (Lipinski definition) is 6. The van der Waals surface area contributed by atoms with Crippen LogP contribution in [0.1, 0.15) is 12.0 Å². The Morgan fingerprint density at radius 1 is 1.42 bits per heavy atom. The first kappa shape index (κ1) is 16.1. The third-order valence-corrected chi connectivity index (χ3v) is 4.38. The van der Waals surface area contributed by atoms with Gasteiger partial charge in [0.25, 0.3) is 0 Å². The molecule has 1 fully saturated rings. The van der Waals surface area contributed by atoms with Crippen molar-refractivity contribution >= 4 is 23.5 Å². The zero-order valence-corrected chi connectivity index (χ0v) is 14.0. The van der Waals surface area contributed by atoms with Gasteiger partial charge in [-0.2, -0.15) is 0 Å². The predicted molar refractivity (Wildman–Crippen MR) is 92.5 cm³/mol. The number of amides is 2. The van der Waals surface area contributed by atoms with E-state index in [9.17, 15) is 9.59 Å². The first-order chi connectivity index (χ1) is 12.6. The molecule has 134 valence electrons. The van der Waals surface area contributed by atoms with E-state index in [1.54, 1.807) is 17.4 Å². The van der Waals surface area contributed by atoms with Crippen LogP contribution in [-0.2, 0) is 22.7 Å². The van der Waals surface area contributed by atoms with Crippen LogP contribution in [0.15, 0.2) is 41.9 Å². The van der Waals surface area contributed by atoms with Crippen molar-refractivity contribution in [2.45, 2.75) is 25.6 Å². The minimum atomic E-state index is -0.620. The average Bonchev–Trinajstić information content (AvgIpc) is 3.21. The molecule has 3 N–H and O–H groups in total. The highest BCUT2D eigenvalue weighted by Crippen LogP contribution is 2.32. The van der Waals surface area contributed by atoms with Crippen LogP contribution in [0, 0.1) is 0 Å². The van der Waals surface area contributed by atoms with Crippen molar-refractivity contribution in [2.75, 3.05) is 6.61 Å². The Morgan fingerprint density at radius 2 is 2.31 bits per heavy atom. The normalized spacial score (nSPS) is 18.0. The summed E-state index contributed by atoms with van der Waals surface area (Å²) in [5.41, 5.74) is 6.96. The van der Waals surface area contributed by atoms with Crippen LogP contribution in [0.4, 0.5) is 5.69 Å². The number of rotatable bonds is 6. The van der Waals surface area contributed by atoms with E-state index in [4.69, 9.17) is 10.5 Å². The Labute approximate surface area is 149 Å². The molecule has 2 amide bonds. The molecule has 26 heavy (non-hydrogen) atoms. The Bertz CT molecular complexity index is 877. The number of fused-ring (bicyclic) bond motifs is 2. The minimum Gasteiger partial charge on any atom is -0.492 e. The number of benzene rings is 1. The highest BCUT2D eigenvalue weighted by atomic mass is 16.5. The van der Waals surface area contributed by atoms with Gasteiger partial charge in [-0.1, -0.05) is 0 Å². The number of nitrogens with zero attached hydrogens (tertiary/aromatic N) is 4. The summed E-state index contributed by atoms with van der Waals surface area (Å²) in [6.07, 6.45) is 5.30. The number of ether oxygens (including phenoxy) is 1. The van der Waals surface area contributed by atoms with Crippen molar-refractivity contribution in [2.24, 2.45) is 10.7 Å². The zero-order valence-electron chi connectivity index (χ0n) is 14.0. The van der Waals surface area contributed by atoms with Gasteiger partial charge < -0.3 is 19.9 Å². The lowest BCUT2D eigenvalue weighted by molar-refractivity contribution is -0.126. The molecule has 0 bridgehead atoms. The summed E-state index contributed by atoms with van der Waals surface area (Å²) in [6.45, 7) is 1.67. The second kappa shape index (κ2) is 6.51. The second-order valence-electron chi connectivity index (χ2n) is 6.18. The Balaban J connectivity index is 1.47. The summed E-state index contributed by atoms with van der Waals surface area (Å²) in [5.74, 6) is 0.413. The number of carbonyl (C=O) groups is 2. The SMILES string of the molecule is NC(=O)CC1C(=O)NC2=Nc3ccc(OCCn4ccnc4)cc3CN21. The number of hydrogen-bond donors (Lipinski definition) is 2. The highest BCUT2D eigenvalue weighted by molar-refractivity contribution is 6.09. The molecule has 0 aliphatic carbocycles. The fourth-order valence-corrected chi connectivity index (χ4v) is 3.10. The number of imidazole rings is 1. The van der Waals surface area contributed by atoms with E-state index >= 15 is 0 Å². The molecular weight excluding hydrogens is 336 g/mol. The van der Waals surface area contributed by atoms with Gasteiger partial charge in [-0.15, -0.1) is 0 Å². The summed E-state index contributed by atoms with van der Waals surface area (Å²) in [7, 11) is 0. The number of nitrogens with two attached hydrogens (primary N) is 1. The summed E-state index contributed by atoms with van der Waals surface area (Å²) < 4.78 is 7.73. The van der Waals surface area contributed by atoms with Crippen LogP contribution < -0.4 is 15.8 Å². The van der Waals surface area contributed by atoms with Gasteiger partial charge in [0.1, 0.15) is 18.4 Å². The van der Waals surface area contributed by atoms with Gasteiger partial charge in [0.05, 0.1) is 25.0 Å². The number of guanidine groups is 1.